The van der Waals surface area contributed by atoms with Crippen LogP contribution in [0.25, 0.3) is 0 Å². The number of benzene rings is 1. The van der Waals surface area contributed by atoms with Gasteiger partial charge in [-0.2, -0.15) is 11.8 Å². The molecule has 2 heterocycles. The van der Waals surface area contributed by atoms with Crippen molar-refractivity contribution >= 4 is 23.1 Å². The molecule has 20 heavy (non-hydrogen) atoms. The summed E-state index contributed by atoms with van der Waals surface area (Å²) in [4.78, 5) is 2.87. The third-order valence-electron chi connectivity index (χ3n) is 3.63. The average molecular weight is 305 g/mol. The number of fused-ring (bicyclic) bond motifs is 1. The molecule has 1 aromatic heterocycles. The van der Waals surface area contributed by atoms with Gasteiger partial charge in [0.15, 0.2) is 0 Å². The van der Waals surface area contributed by atoms with Gasteiger partial charge in [-0.25, -0.2) is 0 Å². The van der Waals surface area contributed by atoms with Crippen LogP contribution in [-0.2, 0) is 18.6 Å². The Morgan fingerprint density at radius 2 is 2.10 bits per heavy atom. The second-order valence-electron chi connectivity index (χ2n) is 5.06. The molecule has 3 rings (SSSR count). The molecule has 2 nitrogen and oxygen atoms in total. The minimum absolute atomic E-state index is 0.101. The Morgan fingerprint density at radius 1 is 1.30 bits per heavy atom. The molecule has 0 spiro atoms. The molecule has 1 unspecified atom stereocenters. The van der Waals surface area contributed by atoms with E-state index in [1.807, 2.05) is 35.2 Å². The van der Waals surface area contributed by atoms with Crippen LogP contribution in [-0.4, -0.2) is 12.9 Å². The quantitative estimate of drug-likeness (QED) is 0.933. The van der Waals surface area contributed by atoms with Crippen LogP contribution < -0.4 is 10.5 Å². The molecule has 0 amide bonds. The third kappa shape index (κ3) is 3.03. The van der Waals surface area contributed by atoms with Crippen molar-refractivity contribution < 1.29 is 4.74 Å². The zero-order valence-corrected chi connectivity index (χ0v) is 13.2. The molecular weight excluding hydrogens is 286 g/mol. The van der Waals surface area contributed by atoms with Gasteiger partial charge in [-0.15, -0.1) is 11.3 Å². The van der Waals surface area contributed by atoms with Crippen LogP contribution in [0.15, 0.2) is 30.3 Å². The maximum Gasteiger partial charge on any atom is 0.118 e. The van der Waals surface area contributed by atoms with Crippen molar-refractivity contribution in [3.05, 3.63) is 51.2 Å². The number of thiophene rings is 1. The molecule has 1 aromatic carbocycles. The zero-order chi connectivity index (χ0) is 13.9. The maximum absolute atomic E-state index is 6.38. The van der Waals surface area contributed by atoms with Gasteiger partial charge in [-0.3, -0.25) is 0 Å². The van der Waals surface area contributed by atoms with Crippen LogP contribution >= 0.6 is 23.1 Å². The predicted molar refractivity (Wildman–Crippen MR) is 87.8 cm³/mol. The normalized spacial score (nSPS) is 15.7. The van der Waals surface area contributed by atoms with E-state index in [1.165, 1.54) is 28.2 Å². The van der Waals surface area contributed by atoms with Crippen LogP contribution in [0.5, 0.6) is 5.75 Å². The number of hydrogen-bond donors (Lipinski definition) is 1. The average Bonchev–Trinajstić information content (AvgIpc) is 2.92. The topological polar surface area (TPSA) is 35.2 Å². The smallest absolute Gasteiger partial charge is 0.118 e. The van der Waals surface area contributed by atoms with E-state index in [1.54, 1.807) is 12.0 Å². The lowest BCUT2D eigenvalue weighted by Crippen LogP contribution is -2.11. The highest BCUT2D eigenvalue weighted by Crippen LogP contribution is 2.34. The molecular formula is C16H19NOS2. The van der Waals surface area contributed by atoms with Crippen molar-refractivity contribution in [1.82, 2.24) is 0 Å². The van der Waals surface area contributed by atoms with Crippen molar-refractivity contribution in [2.24, 2.45) is 5.73 Å². The highest BCUT2D eigenvalue weighted by molar-refractivity contribution is 7.98. The summed E-state index contributed by atoms with van der Waals surface area (Å²) in [5, 5.41) is 0. The lowest BCUT2D eigenvalue weighted by atomic mass is 10.0. The molecule has 2 aromatic rings. The van der Waals surface area contributed by atoms with Crippen LogP contribution in [0.1, 0.15) is 26.9 Å². The third-order valence-corrected chi connectivity index (χ3v) is 6.00. The molecule has 1 atom stereocenters. The number of methoxy groups -OCH3 is 1. The van der Waals surface area contributed by atoms with Crippen LogP contribution in [0.2, 0.25) is 0 Å². The summed E-state index contributed by atoms with van der Waals surface area (Å²) in [5.41, 5.74) is 9.15. The highest BCUT2D eigenvalue weighted by Gasteiger charge is 2.17. The van der Waals surface area contributed by atoms with Crippen LogP contribution in [0.3, 0.4) is 0 Å². The van der Waals surface area contributed by atoms with Crippen molar-refractivity contribution in [2.45, 2.75) is 24.6 Å². The second kappa shape index (κ2) is 6.20. The van der Waals surface area contributed by atoms with E-state index in [0.29, 0.717) is 0 Å². The molecule has 0 radical (unpaired) electrons. The van der Waals surface area contributed by atoms with Crippen LogP contribution in [0, 0.1) is 0 Å². The first-order valence-corrected chi connectivity index (χ1v) is 8.81. The number of rotatable bonds is 4. The summed E-state index contributed by atoms with van der Waals surface area (Å²) >= 11 is 3.93. The fraction of sp³-hybridized carbons (Fsp3) is 0.375. The van der Waals surface area contributed by atoms with E-state index in [4.69, 9.17) is 10.5 Å². The molecule has 1 aliphatic rings. The van der Waals surface area contributed by atoms with E-state index < -0.39 is 0 Å². The van der Waals surface area contributed by atoms with E-state index in [0.717, 1.165) is 17.9 Å². The van der Waals surface area contributed by atoms with E-state index in [-0.39, 0.29) is 6.04 Å². The van der Waals surface area contributed by atoms with Gasteiger partial charge < -0.3 is 10.5 Å². The Kier molecular flexibility index (Phi) is 4.34. The highest BCUT2D eigenvalue weighted by atomic mass is 32.2. The maximum atomic E-state index is 6.38. The molecule has 0 bridgehead atoms. The standard InChI is InChI=1S/C16H19NOS2/c1-18-13-4-2-11(3-5-13)8-14(17)16-9-12-10-19-7-6-15(12)20-16/h2-5,9,14H,6-8,10,17H2,1H3. The summed E-state index contributed by atoms with van der Waals surface area (Å²) in [6.07, 6.45) is 2.09. The van der Waals surface area contributed by atoms with E-state index >= 15 is 0 Å². The Hall–Kier alpha value is -0.970. The molecule has 0 saturated heterocycles. The predicted octanol–water partition coefficient (Wildman–Crippen LogP) is 3.79. The molecule has 0 saturated carbocycles. The molecule has 4 heteroatoms. The van der Waals surface area contributed by atoms with E-state index in [9.17, 15) is 0 Å². The number of nitrogens with two attached hydrogens (primary N) is 1. The van der Waals surface area contributed by atoms with E-state index in [2.05, 4.69) is 18.2 Å². The lowest BCUT2D eigenvalue weighted by Gasteiger charge is -2.10. The molecule has 2 N–H and O–H groups in total. The summed E-state index contributed by atoms with van der Waals surface area (Å²) < 4.78 is 5.18. The van der Waals surface area contributed by atoms with Crippen molar-refractivity contribution in [3.63, 3.8) is 0 Å². The fourth-order valence-corrected chi connectivity index (χ4v) is 4.85. The number of ether oxygens (including phenoxy) is 1. The monoisotopic (exact) mass is 305 g/mol. The van der Waals surface area contributed by atoms with Gasteiger partial charge in [0.1, 0.15) is 5.75 Å². The van der Waals surface area contributed by atoms with Gasteiger partial charge in [0.05, 0.1) is 7.11 Å². The van der Waals surface area contributed by atoms with Gasteiger partial charge in [0, 0.05) is 21.5 Å². The van der Waals surface area contributed by atoms with Gasteiger partial charge in [-0.1, -0.05) is 12.1 Å². The molecule has 1 aliphatic heterocycles. The fourth-order valence-electron chi connectivity index (χ4n) is 2.47. The lowest BCUT2D eigenvalue weighted by molar-refractivity contribution is 0.414. The SMILES string of the molecule is COc1ccc(CC(N)c2cc3c(s2)CCSC3)cc1. The Bertz CT molecular complexity index is 553. The van der Waals surface area contributed by atoms with Gasteiger partial charge in [0.2, 0.25) is 0 Å². The van der Waals surface area contributed by atoms with Gasteiger partial charge in [0.25, 0.3) is 0 Å². The number of thioether (sulfide) groups is 1. The first-order chi connectivity index (χ1) is 9.76. The Morgan fingerprint density at radius 3 is 2.80 bits per heavy atom. The number of hydrogen-bond acceptors (Lipinski definition) is 4. The Balaban J connectivity index is 1.71. The zero-order valence-electron chi connectivity index (χ0n) is 11.6. The first kappa shape index (κ1) is 14.0. The summed E-state index contributed by atoms with van der Waals surface area (Å²) in [6, 6.07) is 10.6. The first-order valence-electron chi connectivity index (χ1n) is 6.84. The van der Waals surface area contributed by atoms with Crippen LogP contribution in [0.4, 0.5) is 0 Å². The van der Waals surface area contributed by atoms with Crippen molar-refractivity contribution in [2.75, 3.05) is 12.9 Å². The Labute approximate surface area is 128 Å². The second-order valence-corrected chi connectivity index (χ2v) is 7.33. The van der Waals surface area contributed by atoms with Gasteiger partial charge in [-0.05, 0) is 47.9 Å². The minimum atomic E-state index is 0.101. The largest absolute Gasteiger partial charge is 0.497 e. The summed E-state index contributed by atoms with van der Waals surface area (Å²) in [6.45, 7) is 0. The van der Waals surface area contributed by atoms with Crippen molar-refractivity contribution in [1.29, 1.82) is 0 Å². The summed E-state index contributed by atoms with van der Waals surface area (Å²) in [7, 11) is 1.69. The molecule has 106 valence electrons. The number of aryl methyl sites for hydroxylation is 1. The minimum Gasteiger partial charge on any atom is -0.497 e. The van der Waals surface area contributed by atoms with Gasteiger partial charge >= 0.3 is 0 Å². The summed E-state index contributed by atoms with van der Waals surface area (Å²) in [5.74, 6) is 3.30. The molecule has 0 aliphatic carbocycles. The molecule has 0 fully saturated rings. The van der Waals surface area contributed by atoms with Crippen molar-refractivity contribution in [3.8, 4) is 5.75 Å².